The molecule has 2 rings (SSSR count). The van der Waals surface area contributed by atoms with E-state index in [0.29, 0.717) is 6.04 Å². The molecule has 1 fully saturated rings. The van der Waals surface area contributed by atoms with E-state index in [0.717, 1.165) is 24.6 Å². The summed E-state index contributed by atoms with van der Waals surface area (Å²) in [5.74, 6) is 0.872. The minimum atomic E-state index is 0.608. The molecule has 3 heteroatoms. The maximum absolute atomic E-state index is 4.31. The maximum Gasteiger partial charge on any atom is 0.0602 e. The highest BCUT2D eigenvalue weighted by Gasteiger charge is 2.30. The fourth-order valence-electron chi connectivity index (χ4n) is 1.83. The average Bonchev–Trinajstić information content (AvgIpc) is 3.02. The Morgan fingerprint density at radius 2 is 2.36 bits per heavy atom. The predicted molar refractivity (Wildman–Crippen MR) is 55.9 cm³/mol. The molecule has 14 heavy (non-hydrogen) atoms. The van der Waals surface area contributed by atoms with Gasteiger partial charge in [-0.2, -0.15) is 0 Å². The summed E-state index contributed by atoms with van der Waals surface area (Å²) in [6.45, 7) is 3.20. The zero-order chi connectivity index (χ0) is 9.80. The smallest absolute Gasteiger partial charge is 0.0602 e. The van der Waals surface area contributed by atoms with Crippen molar-refractivity contribution in [1.82, 2.24) is 15.3 Å². The summed E-state index contributed by atoms with van der Waals surface area (Å²) in [6, 6.07) is 0.608. The van der Waals surface area contributed by atoms with Crippen LogP contribution in [0.4, 0.5) is 0 Å². The maximum atomic E-state index is 4.31. The van der Waals surface area contributed by atoms with Crippen LogP contribution in [0.25, 0.3) is 0 Å². The van der Waals surface area contributed by atoms with Gasteiger partial charge in [-0.1, -0.05) is 6.92 Å². The molecule has 1 aliphatic rings. The number of aromatic nitrogens is 2. The third-order valence-electron chi connectivity index (χ3n) is 2.70. The van der Waals surface area contributed by atoms with Crippen LogP contribution in [-0.2, 0) is 6.42 Å². The Bertz CT molecular complexity index is 269. The van der Waals surface area contributed by atoms with Crippen molar-refractivity contribution in [2.24, 2.45) is 5.92 Å². The molecule has 1 N–H and O–H groups in total. The molecular weight excluding hydrogens is 174 g/mol. The largest absolute Gasteiger partial charge is 0.314 e. The van der Waals surface area contributed by atoms with Crippen molar-refractivity contribution in [3.8, 4) is 0 Å². The van der Waals surface area contributed by atoms with Gasteiger partial charge in [0.2, 0.25) is 0 Å². The van der Waals surface area contributed by atoms with Gasteiger partial charge >= 0.3 is 0 Å². The van der Waals surface area contributed by atoms with Gasteiger partial charge in [0, 0.05) is 31.1 Å². The van der Waals surface area contributed by atoms with Crippen LogP contribution in [0.15, 0.2) is 18.6 Å². The van der Waals surface area contributed by atoms with Crippen molar-refractivity contribution < 1.29 is 0 Å². The van der Waals surface area contributed by atoms with E-state index in [1.165, 1.54) is 12.8 Å². The van der Waals surface area contributed by atoms with Gasteiger partial charge < -0.3 is 5.32 Å². The molecule has 1 saturated carbocycles. The lowest BCUT2D eigenvalue weighted by atomic mass is 10.1. The number of rotatable bonds is 5. The zero-order valence-corrected chi connectivity index (χ0v) is 8.61. The van der Waals surface area contributed by atoms with E-state index < -0.39 is 0 Å². The van der Waals surface area contributed by atoms with Crippen LogP contribution in [0.2, 0.25) is 0 Å². The van der Waals surface area contributed by atoms with Gasteiger partial charge in [0.25, 0.3) is 0 Å². The molecule has 0 bridgehead atoms. The van der Waals surface area contributed by atoms with Gasteiger partial charge in [-0.05, 0) is 25.3 Å². The van der Waals surface area contributed by atoms with Gasteiger partial charge in [0.05, 0.1) is 5.69 Å². The topological polar surface area (TPSA) is 37.8 Å². The molecular formula is C11H17N3. The minimum absolute atomic E-state index is 0.608. The lowest BCUT2D eigenvalue weighted by molar-refractivity contribution is 0.468. The van der Waals surface area contributed by atoms with Crippen molar-refractivity contribution in [2.45, 2.75) is 32.2 Å². The van der Waals surface area contributed by atoms with Crippen LogP contribution in [0.3, 0.4) is 0 Å². The summed E-state index contributed by atoms with van der Waals surface area (Å²) in [5, 5.41) is 3.53. The second-order valence-electron chi connectivity index (χ2n) is 3.90. The van der Waals surface area contributed by atoms with Crippen LogP contribution in [0, 0.1) is 5.92 Å². The van der Waals surface area contributed by atoms with E-state index >= 15 is 0 Å². The number of likely N-dealkylation sites (N-methyl/N-ethyl adjacent to an activating group) is 1. The second kappa shape index (κ2) is 4.51. The van der Waals surface area contributed by atoms with Crippen molar-refractivity contribution >= 4 is 0 Å². The van der Waals surface area contributed by atoms with Crippen molar-refractivity contribution in [3.05, 3.63) is 24.3 Å². The number of hydrogen-bond donors (Lipinski definition) is 1. The average molecular weight is 191 g/mol. The Morgan fingerprint density at radius 3 is 2.93 bits per heavy atom. The third-order valence-corrected chi connectivity index (χ3v) is 2.70. The first-order chi connectivity index (χ1) is 6.90. The van der Waals surface area contributed by atoms with Crippen LogP contribution >= 0.6 is 0 Å². The SMILES string of the molecule is CCNC(Cc1cnccn1)C1CC1. The second-order valence-corrected chi connectivity index (χ2v) is 3.90. The number of nitrogens with zero attached hydrogens (tertiary/aromatic N) is 2. The van der Waals surface area contributed by atoms with E-state index in [1.54, 1.807) is 12.4 Å². The molecule has 0 radical (unpaired) electrons. The Hall–Kier alpha value is -0.960. The van der Waals surface area contributed by atoms with Gasteiger partial charge in [0.15, 0.2) is 0 Å². The fraction of sp³-hybridized carbons (Fsp3) is 0.636. The van der Waals surface area contributed by atoms with E-state index in [1.807, 2.05) is 6.20 Å². The van der Waals surface area contributed by atoms with Crippen LogP contribution < -0.4 is 5.32 Å². The van der Waals surface area contributed by atoms with E-state index in [2.05, 4.69) is 22.2 Å². The molecule has 0 aromatic carbocycles. The lowest BCUT2D eigenvalue weighted by Crippen LogP contribution is -2.33. The van der Waals surface area contributed by atoms with Crippen LogP contribution in [0.5, 0.6) is 0 Å². The summed E-state index contributed by atoms with van der Waals surface area (Å²) >= 11 is 0. The number of nitrogens with one attached hydrogen (secondary N) is 1. The first-order valence-corrected chi connectivity index (χ1v) is 5.38. The molecule has 1 atom stereocenters. The standard InChI is InChI=1S/C11H17N3/c1-2-13-11(9-3-4-9)7-10-8-12-5-6-14-10/h5-6,8-9,11,13H,2-4,7H2,1H3. The molecule has 0 saturated heterocycles. The molecule has 0 amide bonds. The van der Waals surface area contributed by atoms with Gasteiger partial charge in [-0.25, -0.2) is 0 Å². The Balaban J connectivity index is 1.93. The highest BCUT2D eigenvalue weighted by atomic mass is 14.9. The number of hydrogen-bond acceptors (Lipinski definition) is 3. The molecule has 1 aromatic rings. The molecule has 0 aliphatic heterocycles. The van der Waals surface area contributed by atoms with E-state index in [-0.39, 0.29) is 0 Å². The molecule has 1 aromatic heterocycles. The Kier molecular flexibility index (Phi) is 3.09. The fourth-order valence-corrected chi connectivity index (χ4v) is 1.83. The lowest BCUT2D eigenvalue weighted by Gasteiger charge is -2.16. The van der Waals surface area contributed by atoms with Gasteiger partial charge in [0.1, 0.15) is 0 Å². The van der Waals surface area contributed by atoms with Crippen molar-refractivity contribution in [1.29, 1.82) is 0 Å². The normalized spacial score (nSPS) is 18.1. The molecule has 3 nitrogen and oxygen atoms in total. The molecule has 1 heterocycles. The van der Waals surface area contributed by atoms with Crippen molar-refractivity contribution in [3.63, 3.8) is 0 Å². The van der Waals surface area contributed by atoms with Crippen molar-refractivity contribution in [2.75, 3.05) is 6.54 Å². The Labute approximate surface area is 85.0 Å². The minimum Gasteiger partial charge on any atom is -0.314 e. The first-order valence-electron chi connectivity index (χ1n) is 5.38. The quantitative estimate of drug-likeness (QED) is 0.764. The predicted octanol–water partition coefficient (Wildman–Crippen LogP) is 1.41. The summed E-state index contributed by atoms with van der Waals surface area (Å²) in [6.07, 6.45) is 9.13. The van der Waals surface area contributed by atoms with E-state index in [4.69, 9.17) is 0 Å². The van der Waals surface area contributed by atoms with Crippen LogP contribution in [-0.4, -0.2) is 22.6 Å². The summed E-state index contributed by atoms with van der Waals surface area (Å²) in [7, 11) is 0. The summed E-state index contributed by atoms with van der Waals surface area (Å²) in [5.41, 5.74) is 1.10. The summed E-state index contributed by atoms with van der Waals surface area (Å²) in [4.78, 5) is 8.40. The van der Waals surface area contributed by atoms with E-state index in [9.17, 15) is 0 Å². The first kappa shape index (κ1) is 9.59. The molecule has 76 valence electrons. The van der Waals surface area contributed by atoms with Gasteiger partial charge in [-0.3, -0.25) is 9.97 Å². The molecule has 1 unspecified atom stereocenters. The highest BCUT2D eigenvalue weighted by molar-refractivity contribution is 5.01. The summed E-state index contributed by atoms with van der Waals surface area (Å²) < 4.78 is 0. The molecule has 1 aliphatic carbocycles. The highest BCUT2D eigenvalue weighted by Crippen LogP contribution is 2.33. The Morgan fingerprint density at radius 1 is 1.50 bits per heavy atom. The van der Waals surface area contributed by atoms with Gasteiger partial charge in [-0.15, -0.1) is 0 Å². The van der Waals surface area contributed by atoms with Crippen LogP contribution in [0.1, 0.15) is 25.5 Å². The third kappa shape index (κ3) is 2.51. The monoisotopic (exact) mass is 191 g/mol. The molecule has 0 spiro atoms. The zero-order valence-electron chi connectivity index (χ0n) is 8.61.